The second kappa shape index (κ2) is 4.45. The lowest BCUT2D eigenvalue weighted by Crippen LogP contribution is -2.14. The summed E-state index contributed by atoms with van der Waals surface area (Å²) < 4.78 is 22.4. The number of benzene rings is 1. The van der Waals surface area contributed by atoms with E-state index in [4.69, 9.17) is 10.9 Å². The van der Waals surface area contributed by atoms with E-state index in [1.165, 1.54) is 6.07 Å². The van der Waals surface area contributed by atoms with Crippen molar-refractivity contribution < 1.29 is 8.42 Å². The lowest BCUT2D eigenvalue weighted by molar-refractivity contribution is 0.597. The van der Waals surface area contributed by atoms with E-state index in [0.717, 1.165) is 5.56 Å². The second-order valence-corrected chi connectivity index (χ2v) is 4.58. The normalized spacial score (nSPS) is 10.6. The molecule has 0 spiro atoms. The molecule has 1 aromatic carbocycles. The van der Waals surface area contributed by atoms with E-state index in [1.807, 2.05) is 6.92 Å². The van der Waals surface area contributed by atoms with Crippen molar-refractivity contribution in [3.63, 3.8) is 0 Å². The summed E-state index contributed by atoms with van der Waals surface area (Å²) in [4.78, 5) is 0.0362. The first-order valence-electron chi connectivity index (χ1n) is 4.27. The molecular weight excluding hydrogens is 212 g/mol. The number of hydrogen-bond donors (Lipinski definition) is 2. The zero-order valence-electron chi connectivity index (χ0n) is 8.32. The molecule has 0 saturated carbocycles. The number of rotatable bonds is 1. The molecule has 0 radical (unpaired) electrons. The van der Waals surface area contributed by atoms with Crippen molar-refractivity contribution in [2.75, 3.05) is 6.54 Å². The standard InChI is InChI=1S/C10H12N2O2S/c1-8-4-5-10(15(12,13)14)9(7-8)3-2-6-11/h4-5,7H,6,11H2,1H3,(H2,12,13,14). The molecule has 4 nitrogen and oxygen atoms in total. The Balaban J connectivity index is 3.40. The molecule has 80 valence electrons. The van der Waals surface area contributed by atoms with E-state index in [2.05, 4.69) is 11.8 Å². The second-order valence-electron chi connectivity index (χ2n) is 3.05. The zero-order chi connectivity index (χ0) is 11.5. The minimum atomic E-state index is -3.72. The van der Waals surface area contributed by atoms with Gasteiger partial charge in [0.25, 0.3) is 0 Å². The lowest BCUT2D eigenvalue weighted by Gasteiger charge is -2.02. The molecule has 0 aliphatic carbocycles. The van der Waals surface area contributed by atoms with Crippen LogP contribution in [0.3, 0.4) is 0 Å². The molecule has 15 heavy (non-hydrogen) atoms. The monoisotopic (exact) mass is 224 g/mol. The van der Waals surface area contributed by atoms with Gasteiger partial charge in [0.15, 0.2) is 0 Å². The largest absolute Gasteiger partial charge is 0.320 e. The summed E-state index contributed by atoms with van der Waals surface area (Å²) in [6.07, 6.45) is 0. The Morgan fingerprint density at radius 3 is 2.60 bits per heavy atom. The van der Waals surface area contributed by atoms with Crippen LogP contribution >= 0.6 is 0 Å². The van der Waals surface area contributed by atoms with Gasteiger partial charge in [-0.15, -0.1) is 0 Å². The third-order valence-electron chi connectivity index (χ3n) is 1.77. The summed E-state index contributed by atoms with van der Waals surface area (Å²) in [5.41, 5.74) is 6.53. The summed E-state index contributed by atoms with van der Waals surface area (Å²) in [7, 11) is -3.72. The summed E-state index contributed by atoms with van der Waals surface area (Å²) in [5.74, 6) is 5.29. The van der Waals surface area contributed by atoms with Gasteiger partial charge in [-0.05, 0) is 24.6 Å². The lowest BCUT2D eigenvalue weighted by atomic mass is 10.1. The predicted molar refractivity (Wildman–Crippen MR) is 58.5 cm³/mol. The number of aryl methyl sites for hydroxylation is 1. The van der Waals surface area contributed by atoms with E-state index >= 15 is 0 Å². The number of primary sulfonamides is 1. The highest BCUT2D eigenvalue weighted by atomic mass is 32.2. The maximum atomic E-state index is 11.2. The van der Waals surface area contributed by atoms with Gasteiger partial charge in [0, 0.05) is 5.56 Å². The van der Waals surface area contributed by atoms with Crippen LogP contribution in [0.4, 0.5) is 0 Å². The predicted octanol–water partition coefficient (Wildman–Crippen LogP) is -0.0474. The first-order chi connectivity index (χ1) is 6.95. The molecule has 0 aromatic heterocycles. The molecule has 0 heterocycles. The van der Waals surface area contributed by atoms with Crippen molar-refractivity contribution in [2.45, 2.75) is 11.8 Å². The quantitative estimate of drug-likeness (QED) is 0.656. The molecule has 0 aliphatic rings. The van der Waals surface area contributed by atoms with Crippen LogP contribution in [0.2, 0.25) is 0 Å². The SMILES string of the molecule is Cc1ccc(S(N)(=O)=O)c(C#CCN)c1. The molecule has 0 saturated heterocycles. The molecule has 5 heteroatoms. The Hall–Kier alpha value is -1.35. The Morgan fingerprint density at radius 1 is 1.40 bits per heavy atom. The number of hydrogen-bond acceptors (Lipinski definition) is 3. The van der Waals surface area contributed by atoms with Crippen LogP contribution in [0.25, 0.3) is 0 Å². The highest BCUT2D eigenvalue weighted by Crippen LogP contribution is 2.14. The van der Waals surface area contributed by atoms with Crippen LogP contribution in [0.15, 0.2) is 23.1 Å². The smallest absolute Gasteiger partial charge is 0.239 e. The van der Waals surface area contributed by atoms with Crippen LogP contribution in [0, 0.1) is 18.8 Å². The maximum Gasteiger partial charge on any atom is 0.239 e. The van der Waals surface area contributed by atoms with Crippen molar-refractivity contribution in [3.8, 4) is 11.8 Å². The van der Waals surface area contributed by atoms with Gasteiger partial charge in [-0.3, -0.25) is 0 Å². The molecule has 0 unspecified atom stereocenters. The average molecular weight is 224 g/mol. The molecule has 0 bridgehead atoms. The highest BCUT2D eigenvalue weighted by Gasteiger charge is 2.12. The van der Waals surface area contributed by atoms with Crippen molar-refractivity contribution in [1.29, 1.82) is 0 Å². The maximum absolute atomic E-state index is 11.2. The Morgan fingerprint density at radius 2 is 2.07 bits per heavy atom. The summed E-state index contributed by atoms with van der Waals surface area (Å²) >= 11 is 0. The van der Waals surface area contributed by atoms with E-state index in [-0.39, 0.29) is 11.4 Å². The Labute approximate surface area is 89.3 Å². The van der Waals surface area contributed by atoms with Crippen LogP contribution in [0.1, 0.15) is 11.1 Å². The van der Waals surface area contributed by atoms with E-state index in [0.29, 0.717) is 5.56 Å². The minimum absolute atomic E-state index is 0.0362. The first-order valence-corrected chi connectivity index (χ1v) is 5.82. The summed E-state index contributed by atoms with van der Waals surface area (Å²) in [6.45, 7) is 2.03. The fourth-order valence-corrected chi connectivity index (χ4v) is 1.81. The molecular formula is C10H12N2O2S. The first kappa shape index (κ1) is 11.7. The van der Waals surface area contributed by atoms with Crippen LogP contribution < -0.4 is 10.9 Å². The molecule has 0 amide bonds. The fraction of sp³-hybridized carbons (Fsp3) is 0.200. The van der Waals surface area contributed by atoms with Gasteiger partial charge in [-0.1, -0.05) is 17.9 Å². The van der Waals surface area contributed by atoms with Crippen molar-refractivity contribution in [2.24, 2.45) is 10.9 Å². The number of nitrogens with two attached hydrogens (primary N) is 2. The summed E-state index contributed by atoms with van der Waals surface area (Å²) in [6, 6.07) is 4.79. The molecule has 1 rings (SSSR count). The fourth-order valence-electron chi connectivity index (χ4n) is 1.14. The zero-order valence-corrected chi connectivity index (χ0v) is 9.14. The molecule has 0 aliphatic heterocycles. The van der Waals surface area contributed by atoms with E-state index in [1.54, 1.807) is 12.1 Å². The molecule has 0 atom stereocenters. The Kier molecular flexibility index (Phi) is 3.48. The van der Waals surface area contributed by atoms with Gasteiger partial charge in [-0.2, -0.15) is 0 Å². The third kappa shape index (κ3) is 3.06. The van der Waals surface area contributed by atoms with Crippen molar-refractivity contribution in [3.05, 3.63) is 29.3 Å². The van der Waals surface area contributed by atoms with Crippen LogP contribution in [0.5, 0.6) is 0 Å². The minimum Gasteiger partial charge on any atom is -0.320 e. The third-order valence-corrected chi connectivity index (χ3v) is 2.74. The topological polar surface area (TPSA) is 86.2 Å². The van der Waals surface area contributed by atoms with Gasteiger partial charge in [-0.25, -0.2) is 13.6 Å². The van der Waals surface area contributed by atoms with Crippen molar-refractivity contribution in [1.82, 2.24) is 0 Å². The summed E-state index contributed by atoms with van der Waals surface area (Å²) in [5, 5.41) is 5.05. The van der Waals surface area contributed by atoms with Crippen molar-refractivity contribution >= 4 is 10.0 Å². The molecule has 1 aromatic rings. The van der Waals surface area contributed by atoms with Gasteiger partial charge in [0.2, 0.25) is 10.0 Å². The van der Waals surface area contributed by atoms with Gasteiger partial charge >= 0.3 is 0 Å². The highest BCUT2D eigenvalue weighted by molar-refractivity contribution is 7.89. The van der Waals surface area contributed by atoms with E-state index in [9.17, 15) is 8.42 Å². The van der Waals surface area contributed by atoms with Crippen LogP contribution in [-0.2, 0) is 10.0 Å². The van der Waals surface area contributed by atoms with Gasteiger partial charge in [0.05, 0.1) is 11.4 Å². The van der Waals surface area contributed by atoms with Gasteiger partial charge < -0.3 is 5.73 Å². The van der Waals surface area contributed by atoms with Gasteiger partial charge in [0.1, 0.15) is 0 Å². The Bertz CT molecular complexity index is 524. The van der Waals surface area contributed by atoms with E-state index < -0.39 is 10.0 Å². The molecule has 0 fully saturated rings. The average Bonchev–Trinajstić information content (AvgIpc) is 2.12. The van der Waals surface area contributed by atoms with Crippen LogP contribution in [-0.4, -0.2) is 15.0 Å². The number of sulfonamides is 1. The molecule has 4 N–H and O–H groups in total.